The van der Waals surface area contributed by atoms with Gasteiger partial charge in [0, 0.05) is 0 Å². The van der Waals surface area contributed by atoms with Crippen molar-refractivity contribution >= 4 is 16.5 Å². The van der Waals surface area contributed by atoms with E-state index in [1.54, 1.807) is 17.6 Å². The molecule has 2 heterocycles. The number of rotatable bonds is 4. The first kappa shape index (κ1) is 12.0. The van der Waals surface area contributed by atoms with Crippen molar-refractivity contribution in [1.82, 2.24) is 4.98 Å². The van der Waals surface area contributed by atoms with Crippen LogP contribution in [0, 0.1) is 6.92 Å². The Morgan fingerprint density at radius 2 is 2.00 bits per heavy atom. The molecule has 3 nitrogen and oxygen atoms in total. The van der Waals surface area contributed by atoms with E-state index in [4.69, 9.17) is 4.42 Å². The Kier molecular flexibility index (Phi) is 3.33. The van der Waals surface area contributed by atoms with E-state index in [0.717, 1.165) is 16.6 Å². The summed E-state index contributed by atoms with van der Waals surface area (Å²) in [5, 5.41) is 4.22. The van der Waals surface area contributed by atoms with E-state index in [0.29, 0.717) is 6.54 Å². The van der Waals surface area contributed by atoms with Crippen molar-refractivity contribution in [1.29, 1.82) is 0 Å². The molecule has 0 fully saturated rings. The lowest BCUT2D eigenvalue weighted by Gasteiger charge is -1.98. The molecule has 1 aromatic carbocycles. The van der Waals surface area contributed by atoms with E-state index in [2.05, 4.69) is 22.4 Å². The second-order valence-corrected chi connectivity index (χ2v) is 5.23. The molecule has 0 spiro atoms. The molecule has 2 aromatic heterocycles. The van der Waals surface area contributed by atoms with Crippen LogP contribution >= 0.6 is 11.3 Å². The lowest BCUT2D eigenvalue weighted by molar-refractivity contribution is 0.518. The van der Waals surface area contributed by atoms with Crippen LogP contribution in [0.1, 0.15) is 11.5 Å². The number of thiazole rings is 1. The van der Waals surface area contributed by atoms with Crippen molar-refractivity contribution in [2.45, 2.75) is 13.5 Å². The van der Waals surface area contributed by atoms with Gasteiger partial charge in [0.05, 0.1) is 23.4 Å². The third-order valence-corrected chi connectivity index (χ3v) is 3.99. The highest BCUT2D eigenvalue weighted by Crippen LogP contribution is 2.32. The monoisotopic (exact) mass is 270 g/mol. The average Bonchev–Trinajstić information content (AvgIpc) is 3.07. The maximum Gasteiger partial charge on any atom is 0.183 e. The third kappa shape index (κ3) is 2.69. The Balaban J connectivity index is 1.78. The van der Waals surface area contributed by atoms with Crippen LogP contribution in [0.2, 0.25) is 0 Å². The largest absolute Gasteiger partial charge is 0.467 e. The maximum absolute atomic E-state index is 5.29. The molecule has 0 bridgehead atoms. The molecule has 3 aromatic rings. The Morgan fingerprint density at radius 1 is 1.16 bits per heavy atom. The summed E-state index contributed by atoms with van der Waals surface area (Å²) < 4.78 is 5.29. The van der Waals surface area contributed by atoms with E-state index < -0.39 is 0 Å². The summed E-state index contributed by atoms with van der Waals surface area (Å²) in [7, 11) is 0. The smallest absolute Gasteiger partial charge is 0.183 e. The second kappa shape index (κ2) is 5.28. The summed E-state index contributed by atoms with van der Waals surface area (Å²) >= 11 is 1.67. The van der Waals surface area contributed by atoms with Gasteiger partial charge < -0.3 is 9.73 Å². The molecule has 0 amide bonds. The molecule has 19 heavy (non-hydrogen) atoms. The SMILES string of the molecule is Cc1nc(NCc2ccco2)sc1-c1ccccc1. The molecule has 1 N–H and O–H groups in total. The number of aryl methyl sites for hydroxylation is 1. The third-order valence-electron chi connectivity index (χ3n) is 2.83. The molecule has 96 valence electrons. The van der Waals surface area contributed by atoms with Gasteiger partial charge in [-0.15, -0.1) is 0 Å². The predicted octanol–water partition coefficient (Wildman–Crippen LogP) is 4.32. The van der Waals surface area contributed by atoms with Crippen LogP contribution in [0.4, 0.5) is 5.13 Å². The standard InChI is InChI=1S/C15H14N2OS/c1-11-14(12-6-3-2-4-7-12)19-15(17-11)16-10-13-8-5-9-18-13/h2-9H,10H2,1H3,(H,16,17). The number of nitrogens with zero attached hydrogens (tertiary/aromatic N) is 1. The second-order valence-electron chi connectivity index (χ2n) is 4.23. The van der Waals surface area contributed by atoms with Crippen LogP contribution in [0.3, 0.4) is 0 Å². The minimum Gasteiger partial charge on any atom is -0.467 e. The van der Waals surface area contributed by atoms with Gasteiger partial charge in [-0.3, -0.25) is 0 Å². The van der Waals surface area contributed by atoms with Crippen LogP contribution in [-0.4, -0.2) is 4.98 Å². The molecular weight excluding hydrogens is 256 g/mol. The number of hydrogen-bond donors (Lipinski definition) is 1. The molecular formula is C15H14N2OS. The number of anilines is 1. The van der Waals surface area contributed by atoms with E-state index in [-0.39, 0.29) is 0 Å². The number of hydrogen-bond acceptors (Lipinski definition) is 4. The number of furan rings is 1. The van der Waals surface area contributed by atoms with Crippen molar-refractivity contribution in [3.63, 3.8) is 0 Å². The summed E-state index contributed by atoms with van der Waals surface area (Å²) in [5.74, 6) is 0.911. The predicted molar refractivity (Wildman–Crippen MR) is 78.3 cm³/mol. The molecule has 0 aliphatic carbocycles. The summed E-state index contributed by atoms with van der Waals surface area (Å²) in [4.78, 5) is 5.76. The first-order valence-electron chi connectivity index (χ1n) is 6.12. The molecule has 0 aliphatic heterocycles. The fourth-order valence-corrected chi connectivity index (χ4v) is 2.87. The van der Waals surface area contributed by atoms with Gasteiger partial charge in [-0.2, -0.15) is 0 Å². The Bertz CT molecular complexity index is 644. The van der Waals surface area contributed by atoms with Crippen LogP contribution in [0.25, 0.3) is 10.4 Å². The van der Waals surface area contributed by atoms with Gasteiger partial charge in [-0.25, -0.2) is 4.98 Å². The molecule has 0 aliphatic rings. The van der Waals surface area contributed by atoms with Gasteiger partial charge in [-0.05, 0) is 24.6 Å². The summed E-state index contributed by atoms with van der Waals surface area (Å²) in [6, 6.07) is 14.2. The van der Waals surface area contributed by atoms with Crippen molar-refractivity contribution in [3.05, 3.63) is 60.2 Å². The fourth-order valence-electron chi connectivity index (χ4n) is 1.91. The number of nitrogens with one attached hydrogen (secondary N) is 1. The van der Waals surface area contributed by atoms with Gasteiger partial charge >= 0.3 is 0 Å². The average molecular weight is 270 g/mol. The number of aromatic nitrogens is 1. The van der Waals surface area contributed by atoms with Gasteiger partial charge in [0.15, 0.2) is 5.13 Å². The summed E-state index contributed by atoms with van der Waals surface area (Å²) in [6.07, 6.45) is 1.68. The number of benzene rings is 1. The van der Waals surface area contributed by atoms with E-state index in [1.807, 2.05) is 37.3 Å². The highest BCUT2D eigenvalue weighted by Gasteiger charge is 2.09. The first-order valence-corrected chi connectivity index (χ1v) is 6.93. The summed E-state index contributed by atoms with van der Waals surface area (Å²) in [6.45, 7) is 2.70. The van der Waals surface area contributed by atoms with Gasteiger partial charge in [0.1, 0.15) is 5.76 Å². The lowest BCUT2D eigenvalue weighted by Crippen LogP contribution is -1.97. The molecule has 0 unspecified atom stereocenters. The zero-order chi connectivity index (χ0) is 13.1. The van der Waals surface area contributed by atoms with E-state index >= 15 is 0 Å². The van der Waals surface area contributed by atoms with Crippen molar-refractivity contribution < 1.29 is 4.42 Å². The zero-order valence-electron chi connectivity index (χ0n) is 10.6. The quantitative estimate of drug-likeness (QED) is 0.767. The van der Waals surface area contributed by atoms with E-state index in [9.17, 15) is 0 Å². The topological polar surface area (TPSA) is 38.1 Å². The summed E-state index contributed by atoms with van der Waals surface area (Å²) in [5.41, 5.74) is 2.27. The first-order chi connectivity index (χ1) is 9.33. The zero-order valence-corrected chi connectivity index (χ0v) is 11.4. The Hall–Kier alpha value is -2.07. The molecule has 4 heteroatoms. The minimum absolute atomic E-state index is 0.661. The molecule has 3 rings (SSSR count). The van der Waals surface area contributed by atoms with Crippen molar-refractivity contribution in [3.8, 4) is 10.4 Å². The molecule has 0 saturated carbocycles. The van der Waals surface area contributed by atoms with Crippen LogP contribution in [0.5, 0.6) is 0 Å². The van der Waals surface area contributed by atoms with Gasteiger partial charge in [-0.1, -0.05) is 41.7 Å². The Labute approximate surface area is 115 Å². The van der Waals surface area contributed by atoms with Crippen LogP contribution in [-0.2, 0) is 6.54 Å². The van der Waals surface area contributed by atoms with E-state index in [1.165, 1.54) is 10.4 Å². The van der Waals surface area contributed by atoms with Crippen LogP contribution in [0.15, 0.2) is 53.1 Å². The lowest BCUT2D eigenvalue weighted by atomic mass is 10.2. The van der Waals surface area contributed by atoms with Gasteiger partial charge in [0.2, 0.25) is 0 Å². The highest BCUT2D eigenvalue weighted by molar-refractivity contribution is 7.19. The molecule has 0 radical (unpaired) electrons. The Morgan fingerprint density at radius 3 is 2.74 bits per heavy atom. The fraction of sp³-hybridized carbons (Fsp3) is 0.133. The molecule has 0 atom stereocenters. The minimum atomic E-state index is 0.661. The molecule has 0 saturated heterocycles. The van der Waals surface area contributed by atoms with Crippen LogP contribution < -0.4 is 5.32 Å². The van der Waals surface area contributed by atoms with Crippen molar-refractivity contribution in [2.24, 2.45) is 0 Å². The highest BCUT2D eigenvalue weighted by atomic mass is 32.1. The normalized spacial score (nSPS) is 10.6. The van der Waals surface area contributed by atoms with Crippen molar-refractivity contribution in [2.75, 3.05) is 5.32 Å². The van der Waals surface area contributed by atoms with Gasteiger partial charge in [0.25, 0.3) is 0 Å². The maximum atomic E-state index is 5.29.